The highest BCUT2D eigenvalue weighted by Crippen LogP contribution is 2.34. The van der Waals surface area contributed by atoms with E-state index in [2.05, 4.69) is 5.43 Å². The number of thioether (sulfide) groups is 1. The zero-order chi connectivity index (χ0) is 20.3. The van der Waals surface area contributed by atoms with Crippen LogP contribution in [0, 0.1) is 0 Å². The van der Waals surface area contributed by atoms with Gasteiger partial charge in [0.25, 0.3) is 11.8 Å². The third-order valence-corrected chi connectivity index (χ3v) is 5.17. The molecule has 3 rings (SSSR count). The van der Waals surface area contributed by atoms with Gasteiger partial charge < -0.3 is 14.6 Å². The van der Waals surface area contributed by atoms with Gasteiger partial charge in [-0.15, -0.1) is 0 Å². The molecule has 1 saturated heterocycles. The molecule has 2 aromatic rings. The smallest absolute Gasteiger partial charge is 0.285 e. The number of benzene rings is 2. The van der Waals surface area contributed by atoms with Gasteiger partial charge in [-0.2, -0.15) is 5.01 Å². The Kier molecular flexibility index (Phi) is 5.86. The first-order valence-corrected chi connectivity index (χ1v) is 9.25. The molecule has 0 saturated carbocycles. The van der Waals surface area contributed by atoms with Crippen molar-refractivity contribution >= 4 is 46.2 Å². The number of phenols is 1. The van der Waals surface area contributed by atoms with Gasteiger partial charge >= 0.3 is 0 Å². The predicted molar refractivity (Wildman–Crippen MR) is 110 cm³/mol. The quantitative estimate of drug-likeness (QED) is 0.572. The van der Waals surface area contributed by atoms with E-state index in [1.165, 1.54) is 31.4 Å². The number of hydrogen-bond acceptors (Lipinski definition) is 7. The highest BCUT2D eigenvalue weighted by Gasteiger charge is 2.34. The van der Waals surface area contributed by atoms with Gasteiger partial charge in [-0.25, -0.2) is 0 Å². The topological polar surface area (TPSA) is 88.1 Å². The highest BCUT2D eigenvalue weighted by atomic mass is 32.2. The zero-order valence-corrected chi connectivity index (χ0v) is 16.6. The Morgan fingerprint density at radius 3 is 2.54 bits per heavy atom. The van der Waals surface area contributed by atoms with E-state index in [1.54, 1.807) is 31.4 Å². The molecule has 0 aromatic heterocycles. The van der Waals surface area contributed by atoms with Crippen molar-refractivity contribution in [2.45, 2.75) is 0 Å². The van der Waals surface area contributed by atoms with Gasteiger partial charge in [0.15, 0.2) is 4.32 Å². The minimum atomic E-state index is -0.514. The number of carbonyl (C=O) groups excluding carboxylic acids is 2. The minimum absolute atomic E-state index is 0.0403. The summed E-state index contributed by atoms with van der Waals surface area (Å²) in [5.41, 5.74) is 3.45. The second kappa shape index (κ2) is 8.32. The Morgan fingerprint density at radius 2 is 1.89 bits per heavy atom. The second-order valence-corrected chi connectivity index (χ2v) is 7.29. The number of nitrogens with one attached hydrogen (secondary N) is 1. The largest absolute Gasteiger partial charge is 0.508 e. The Bertz CT molecular complexity index is 973. The molecule has 0 spiro atoms. The number of aromatic hydroxyl groups is 1. The maximum Gasteiger partial charge on any atom is 0.285 e. The molecule has 144 valence electrons. The van der Waals surface area contributed by atoms with Crippen LogP contribution in [-0.2, 0) is 4.79 Å². The van der Waals surface area contributed by atoms with Crippen molar-refractivity contribution in [2.24, 2.45) is 0 Å². The predicted octanol–water partition coefficient (Wildman–Crippen LogP) is 2.96. The summed E-state index contributed by atoms with van der Waals surface area (Å²) >= 11 is 6.29. The van der Waals surface area contributed by atoms with Crippen molar-refractivity contribution in [3.63, 3.8) is 0 Å². The standard InChI is InChI=1S/C19H16N2O5S2/c1-25-14-8-5-12(15(10-14)26-2)9-16-18(24)21(19(27)28-16)20-17(23)11-3-6-13(22)7-4-11/h3-10,22H,1-2H3,(H,20,23)/b16-9-. The van der Waals surface area contributed by atoms with Gasteiger partial charge in [-0.1, -0.05) is 11.8 Å². The first-order valence-electron chi connectivity index (χ1n) is 8.03. The van der Waals surface area contributed by atoms with Crippen molar-refractivity contribution < 1.29 is 24.2 Å². The summed E-state index contributed by atoms with van der Waals surface area (Å²) in [4.78, 5) is 25.4. The molecule has 0 bridgehead atoms. The normalized spacial score (nSPS) is 15.1. The second-order valence-electron chi connectivity index (χ2n) is 5.61. The van der Waals surface area contributed by atoms with Gasteiger partial charge in [0.05, 0.1) is 19.1 Å². The number of rotatable bonds is 5. The average Bonchev–Trinajstić information content (AvgIpc) is 2.96. The average molecular weight is 416 g/mol. The molecule has 2 amide bonds. The van der Waals surface area contributed by atoms with Crippen LogP contribution in [-0.4, -0.2) is 40.5 Å². The summed E-state index contributed by atoms with van der Waals surface area (Å²) in [6.07, 6.45) is 1.64. The van der Waals surface area contributed by atoms with Crippen LogP contribution >= 0.6 is 24.0 Å². The number of ether oxygens (including phenoxy) is 2. The van der Waals surface area contributed by atoms with Crippen LogP contribution in [0.25, 0.3) is 6.08 Å². The SMILES string of the molecule is COc1ccc(/C=C2\SC(=S)N(NC(=O)c3ccc(O)cc3)C2=O)c(OC)c1. The summed E-state index contributed by atoms with van der Waals surface area (Å²) in [6.45, 7) is 0. The number of amides is 2. The Hall–Kier alpha value is -3.04. The number of phenolic OH excluding ortho intramolecular Hbond substituents is 1. The maximum atomic E-state index is 12.7. The highest BCUT2D eigenvalue weighted by molar-refractivity contribution is 8.26. The van der Waals surface area contributed by atoms with Crippen LogP contribution in [0.3, 0.4) is 0 Å². The summed E-state index contributed by atoms with van der Waals surface area (Å²) in [7, 11) is 3.07. The fraction of sp³-hybridized carbons (Fsp3) is 0.105. The molecular formula is C19H16N2O5S2. The van der Waals surface area contributed by atoms with Gasteiger partial charge in [-0.05, 0) is 54.7 Å². The van der Waals surface area contributed by atoms with Gasteiger partial charge in [0.2, 0.25) is 0 Å². The lowest BCUT2D eigenvalue weighted by Gasteiger charge is -2.15. The molecule has 0 atom stereocenters. The van der Waals surface area contributed by atoms with E-state index in [0.29, 0.717) is 22.0 Å². The summed E-state index contributed by atoms with van der Waals surface area (Å²) in [5.74, 6) is 0.249. The van der Waals surface area contributed by atoms with E-state index >= 15 is 0 Å². The van der Waals surface area contributed by atoms with Gasteiger partial charge in [0, 0.05) is 17.2 Å². The lowest BCUT2D eigenvalue weighted by molar-refractivity contribution is -0.123. The van der Waals surface area contributed by atoms with Gasteiger partial charge in [0.1, 0.15) is 17.2 Å². The molecule has 1 aliphatic heterocycles. The minimum Gasteiger partial charge on any atom is -0.508 e. The number of methoxy groups -OCH3 is 2. The molecule has 2 N–H and O–H groups in total. The first kappa shape index (κ1) is 19.7. The Morgan fingerprint density at radius 1 is 1.18 bits per heavy atom. The third-order valence-electron chi connectivity index (χ3n) is 3.86. The summed E-state index contributed by atoms with van der Waals surface area (Å²) < 4.78 is 10.7. The van der Waals surface area contributed by atoms with Crippen LogP contribution in [0.5, 0.6) is 17.2 Å². The first-order chi connectivity index (χ1) is 13.4. The number of thiocarbonyl (C=S) groups is 1. The summed E-state index contributed by atoms with van der Waals surface area (Å²) in [5, 5.41) is 10.3. The fourth-order valence-corrected chi connectivity index (χ4v) is 3.59. The van der Waals surface area contributed by atoms with Crippen molar-refractivity contribution in [3.8, 4) is 17.2 Å². The van der Waals surface area contributed by atoms with E-state index in [9.17, 15) is 14.7 Å². The lowest BCUT2D eigenvalue weighted by atomic mass is 10.1. The van der Waals surface area contributed by atoms with Crippen molar-refractivity contribution in [1.29, 1.82) is 0 Å². The zero-order valence-electron chi connectivity index (χ0n) is 15.0. The summed E-state index contributed by atoms with van der Waals surface area (Å²) in [6, 6.07) is 10.9. The number of hydrogen-bond donors (Lipinski definition) is 2. The molecule has 9 heteroatoms. The number of carbonyl (C=O) groups is 2. The van der Waals surface area contributed by atoms with Crippen LogP contribution < -0.4 is 14.9 Å². The molecule has 7 nitrogen and oxygen atoms in total. The van der Waals surface area contributed by atoms with E-state index in [1.807, 2.05) is 0 Å². The molecule has 1 heterocycles. The molecule has 28 heavy (non-hydrogen) atoms. The molecule has 1 aliphatic rings. The van der Waals surface area contributed by atoms with Crippen LogP contribution in [0.4, 0.5) is 0 Å². The lowest BCUT2D eigenvalue weighted by Crippen LogP contribution is -2.44. The maximum absolute atomic E-state index is 12.7. The van der Waals surface area contributed by atoms with E-state index in [-0.39, 0.29) is 15.6 Å². The number of nitrogens with zero attached hydrogens (tertiary/aromatic N) is 1. The molecule has 0 aliphatic carbocycles. The van der Waals surface area contributed by atoms with Crippen molar-refractivity contribution in [1.82, 2.24) is 10.4 Å². The molecule has 1 fully saturated rings. The monoisotopic (exact) mass is 416 g/mol. The number of hydrazine groups is 1. The van der Waals surface area contributed by atoms with E-state index in [0.717, 1.165) is 16.8 Å². The molecule has 0 radical (unpaired) electrons. The molecular weight excluding hydrogens is 400 g/mol. The van der Waals surface area contributed by atoms with Gasteiger partial charge in [-0.3, -0.25) is 15.0 Å². The Labute approximate surface area is 170 Å². The molecule has 2 aromatic carbocycles. The van der Waals surface area contributed by atoms with Crippen LogP contribution in [0.15, 0.2) is 47.4 Å². The third kappa shape index (κ3) is 4.10. The fourth-order valence-electron chi connectivity index (χ4n) is 2.42. The molecule has 0 unspecified atom stereocenters. The van der Waals surface area contributed by atoms with E-state index in [4.69, 9.17) is 21.7 Å². The van der Waals surface area contributed by atoms with E-state index < -0.39 is 11.8 Å². The van der Waals surface area contributed by atoms with Crippen molar-refractivity contribution in [2.75, 3.05) is 14.2 Å². The van der Waals surface area contributed by atoms with Crippen LogP contribution in [0.2, 0.25) is 0 Å². The Balaban J connectivity index is 1.80. The van der Waals surface area contributed by atoms with Crippen molar-refractivity contribution in [3.05, 3.63) is 58.5 Å². The van der Waals surface area contributed by atoms with Crippen LogP contribution in [0.1, 0.15) is 15.9 Å².